The van der Waals surface area contributed by atoms with Crippen molar-refractivity contribution in [1.29, 1.82) is 0 Å². The number of nitrogens with one attached hydrogen (secondary N) is 1. The monoisotopic (exact) mass is 444 g/mol. The van der Waals surface area contributed by atoms with Crippen LogP contribution in [-0.2, 0) is 9.53 Å². The molecule has 0 heterocycles. The van der Waals surface area contributed by atoms with Gasteiger partial charge >= 0.3 is 5.97 Å². The zero-order chi connectivity index (χ0) is 23.3. The topological polar surface area (TPSA) is 67.8 Å². The summed E-state index contributed by atoms with van der Waals surface area (Å²) >= 11 is 0. The summed E-state index contributed by atoms with van der Waals surface area (Å²) in [5, 5.41) is 3.98. The number of hydrogen-bond acceptors (Lipinski definition) is 4. The first kappa shape index (κ1) is 27.9. The van der Waals surface area contributed by atoms with E-state index in [0.717, 1.165) is 18.4 Å². The van der Waals surface area contributed by atoms with Gasteiger partial charge in [0.2, 0.25) is 5.91 Å². The maximum atomic E-state index is 11.9. The summed E-state index contributed by atoms with van der Waals surface area (Å²) in [6, 6.07) is 6.86. The lowest BCUT2D eigenvalue weighted by Gasteiger charge is -2.03. The minimum absolute atomic E-state index is 0.0536. The van der Waals surface area contributed by atoms with E-state index in [0.29, 0.717) is 12.0 Å². The Morgan fingerprint density at radius 1 is 0.781 bits per heavy atom. The van der Waals surface area contributed by atoms with Crippen molar-refractivity contribution in [2.45, 2.75) is 110 Å². The van der Waals surface area contributed by atoms with Crippen LogP contribution >= 0.6 is 0 Å². The molecule has 1 aromatic rings. The van der Waals surface area contributed by atoms with Gasteiger partial charge in [0.25, 0.3) is 0 Å². The Kier molecular flexibility index (Phi) is 17.0. The Hall–Kier alpha value is -2.17. The fraction of sp³-hybridized carbons (Fsp3) is 0.667. The predicted octanol–water partition coefficient (Wildman–Crippen LogP) is 7.18. The number of rotatable bonds is 19. The molecular formula is C27H44N2O3. The first-order valence-corrected chi connectivity index (χ1v) is 12.7. The number of benzene rings is 1. The van der Waals surface area contributed by atoms with Crippen LogP contribution in [-0.4, -0.2) is 25.2 Å². The molecule has 0 saturated heterocycles. The zero-order valence-electron chi connectivity index (χ0n) is 20.4. The molecule has 1 amide bonds. The second-order valence-electron chi connectivity index (χ2n) is 8.61. The second kappa shape index (κ2) is 19.5. The van der Waals surface area contributed by atoms with Crippen LogP contribution in [0.15, 0.2) is 29.4 Å². The van der Waals surface area contributed by atoms with Crippen molar-refractivity contribution in [3.05, 3.63) is 35.4 Å². The summed E-state index contributed by atoms with van der Waals surface area (Å²) in [5.74, 6) is -0.424. The van der Waals surface area contributed by atoms with Gasteiger partial charge in [-0.3, -0.25) is 4.79 Å². The number of methoxy groups -OCH3 is 1. The number of hydrogen-bond donors (Lipinski definition) is 1. The Morgan fingerprint density at radius 2 is 1.25 bits per heavy atom. The van der Waals surface area contributed by atoms with E-state index in [-0.39, 0.29) is 11.9 Å². The molecule has 5 heteroatoms. The van der Waals surface area contributed by atoms with Crippen molar-refractivity contribution in [2.24, 2.45) is 5.10 Å². The Bertz CT molecular complexity index is 641. The van der Waals surface area contributed by atoms with Crippen LogP contribution in [0.5, 0.6) is 0 Å². The van der Waals surface area contributed by atoms with Gasteiger partial charge < -0.3 is 4.74 Å². The van der Waals surface area contributed by atoms with Crippen molar-refractivity contribution >= 4 is 18.1 Å². The van der Waals surface area contributed by atoms with Crippen LogP contribution in [0.3, 0.4) is 0 Å². The van der Waals surface area contributed by atoms with Crippen molar-refractivity contribution in [2.75, 3.05) is 7.11 Å². The molecule has 0 atom stereocenters. The van der Waals surface area contributed by atoms with Gasteiger partial charge in [-0.2, -0.15) is 5.10 Å². The summed E-state index contributed by atoms with van der Waals surface area (Å²) in [6.45, 7) is 2.27. The van der Waals surface area contributed by atoms with Crippen molar-refractivity contribution < 1.29 is 14.3 Å². The van der Waals surface area contributed by atoms with E-state index in [1.807, 2.05) is 0 Å². The van der Waals surface area contributed by atoms with Gasteiger partial charge in [0, 0.05) is 6.42 Å². The van der Waals surface area contributed by atoms with Crippen LogP contribution < -0.4 is 5.43 Å². The molecule has 0 unspecified atom stereocenters. The highest BCUT2D eigenvalue weighted by Gasteiger charge is 2.03. The van der Waals surface area contributed by atoms with Gasteiger partial charge in [-0.05, 0) is 24.1 Å². The predicted molar refractivity (Wildman–Crippen MR) is 133 cm³/mol. The van der Waals surface area contributed by atoms with E-state index < -0.39 is 0 Å². The van der Waals surface area contributed by atoms with E-state index >= 15 is 0 Å². The number of ether oxygens (including phenoxy) is 1. The van der Waals surface area contributed by atoms with Crippen LogP contribution in [0, 0.1) is 0 Å². The molecule has 0 aliphatic rings. The number of unbranched alkanes of at least 4 members (excludes halogenated alkanes) is 14. The SMILES string of the molecule is CCCCCCCCCCCCCCCCCC(=O)NN=Cc1ccc(C(=O)OC)cc1. The summed E-state index contributed by atoms with van der Waals surface area (Å²) in [5.41, 5.74) is 3.87. The molecule has 0 aliphatic carbocycles. The molecule has 0 bridgehead atoms. The molecule has 1 rings (SSSR count). The number of carbonyl (C=O) groups excluding carboxylic acids is 2. The first-order valence-electron chi connectivity index (χ1n) is 12.7. The second-order valence-corrected chi connectivity index (χ2v) is 8.61. The van der Waals surface area contributed by atoms with Crippen LogP contribution in [0.2, 0.25) is 0 Å². The third-order valence-electron chi connectivity index (χ3n) is 5.74. The summed E-state index contributed by atoms with van der Waals surface area (Å²) in [4.78, 5) is 23.3. The minimum Gasteiger partial charge on any atom is -0.465 e. The number of esters is 1. The highest BCUT2D eigenvalue weighted by molar-refractivity contribution is 5.90. The maximum absolute atomic E-state index is 11.9. The highest BCUT2D eigenvalue weighted by atomic mass is 16.5. The van der Waals surface area contributed by atoms with Gasteiger partial charge in [0.05, 0.1) is 18.9 Å². The average Bonchev–Trinajstić information content (AvgIpc) is 2.81. The van der Waals surface area contributed by atoms with E-state index in [9.17, 15) is 9.59 Å². The summed E-state index contributed by atoms with van der Waals surface area (Å²) in [6.07, 6.45) is 21.8. The van der Waals surface area contributed by atoms with Gasteiger partial charge in [0.1, 0.15) is 0 Å². The molecule has 0 radical (unpaired) electrons. The molecule has 0 spiro atoms. The highest BCUT2D eigenvalue weighted by Crippen LogP contribution is 2.13. The maximum Gasteiger partial charge on any atom is 0.337 e. The van der Waals surface area contributed by atoms with Gasteiger partial charge in [-0.15, -0.1) is 0 Å². The summed E-state index contributed by atoms with van der Waals surface area (Å²) in [7, 11) is 1.35. The molecule has 5 nitrogen and oxygen atoms in total. The smallest absolute Gasteiger partial charge is 0.337 e. The molecule has 180 valence electrons. The van der Waals surface area contributed by atoms with Crippen molar-refractivity contribution in [3.63, 3.8) is 0 Å². The molecule has 32 heavy (non-hydrogen) atoms. The van der Waals surface area contributed by atoms with Crippen molar-refractivity contribution in [1.82, 2.24) is 5.43 Å². The van der Waals surface area contributed by atoms with Gasteiger partial charge in [0.15, 0.2) is 0 Å². The lowest BCUT2D eigenvalue weighted by molar-refractivity contribution is -0.121. The van der Waals surface area contributed by atoms with Crippen LogP contribution in [0.1, 0.15) is 126 Å². The Balaban J connectivity index is 1.92. The van der Waals surface area contributed by atoms with Crippen LogP contribution in [0.25, 0.3) is 0 Å². The number of carbonyl (C=O) groups is 2. The third kappa shape index (κ3) is 14.8. The van der Waals surface area contributed by atoms with E-state index in [4.69, 9.17) is 0 Å². The summed E-state index contributed by atoms with van der Waals surface area (Å²) < 4.78 is 4.66. The van der Waals surface area contributed by atoms with Crippen molar-refractivity contribution in [3.8, 4) is 0 Å². The lowest BCUT2D eigenvalue weighted by Crippen LogP contribution is -2.16. The van der Waals surface area contributed by atoms with Crippen LogP contribution in [0.4, 0.5) is 0 Å². The molecule has 0 fully saturated rings. The van der Waals surface area contributed by atoms with E-state index in [1.54, 1.807) is 30.5 Å². The lowest BCUT2D eigenvalue weighted by atomic mass is 10.0. The number of amides is 1. The normalized spacial score (nSPS) is 11.1. The van der Waals surface area contributed by atoms with E-state index in [1.165, 1.54) is 90.6 Å². The average molecular weight is 445 g/mol. The molecule has 0 aromatic heterocycles. The zero-order valence-corrected chi connectivity index (χ0v) is 20.4. The molecule has 0 aliphatic heterocycles. The quantitative estimate of drug-likeness (QED) is 0.106. The van der Waals surface area contributed by atoms with E-state index in [2.05, 4.69) is 22.2 Å². The van der Waals surface area contributed by atoms with Gasteiger partial charge in [-0.25, -0.2) is 10.2 Å². The van der Waals surface area contributed by atoms with Gasteiger partial charge in [-0.1, -0.05) is 109 Å². The number of nitrogens with zero attached hydrogens (tertiary/aromatic N) is 1. The number of hydrazone groups is 1. The minimum atomic E-state index is -0.370. The fourth-order valence-electron chi connectivity index (χ4n) is 3.71. The standard InChI is InChI=1S/C27H44N2O3/c1-3-4-5-6-7-8-9-10-11-12-13-14-15-16-17-18-26(30)29-28-23-24-19-21-25(22-20-24)27(31)32-2/h19-23H,3-18H2,1-2H3,(H,29,30). The third-order valence-corrected chi connectivity index (χ3v) is 5.74. The molecular weight excluding hydrogens is 400 g/mol. The molecule has 1 N–H and O–H groups in total. The molecule has 0 saturated carbocycles. The fourth-order valence-corrected chi connectivity index (χ4v) is 3.71. The Labute approximate surface area is 195 Å². The molecule has 1 aromatic carbocycles. The Morgan fingerprint density at radius 3 is 1.72 bits per heavy atom. The first-order chi connectivity index (χ1) is 15.7. The largest absolute Gasteiger partial charge is 0.465 e.